The molecule has 7 nitrogen and oxygen atoms in total. The fourth-order valence-electron chi connectivity index (χ4n) is 3.83. The molecule has 1 atom stereocenters. The monoisotopic (exact) mass is 502 g/mol. The summed E-state index contributed by atoms with van der Waals surface area (Å²) in [4.78, 5) is 45.6. The minimum Gasteiger partial charge on any atom is -0.343 e. The van der Waals surface area contributed by atoms with Crippen LogP contribution in [0.25, 0.3) is 0 Å². The van der Waals surface area contributed by atoms with E-state index in [1.807, 2.05) is 4.90 Å². The number of nitrogens with one attached hydrogen (secondary N) is 1. The van der Waals surface area contributed by atoms with Gasteiger partial charge in [-0.15, -0.1) is 0 Å². The lowest BCUT2D eigenvalue weighted by molar-refractivity contribution is -0.128. The molecule has 1 N–H and O–H groups in total. The van der Waals surface area contributed by atoms with Crippen LogP contribution in [0.3, 0.4) is 0 Å². The molecule has 0 spiro atoms. The zero-order chi connectivity index (χ0) is 24.1. The number of halogens is 2. The van der Waals surface area contributed by atoms with Crippen LogP contribution >= 0.6 is 23.4 Å². The van der Waals surface area contributed by atoms with E-state index in [1.165, 1.54) is 36.0 Å². The number of hydrogen-bond acceptors (Lipinski definition) is 5. The summed E-state index contributed by atoms with van der Waals surface area (Å²) in [6, 6.07) is 12.4. The Morgan fingerprint density at radius 2 is 1.85 bits per heavy atom. The van der Waals surface area contributed by atoms with Crippen LogP contribution in [0.1, 0.15) is 25.7 Å². The van der Waals surface area contributed by atoms with Crippen molar-refractivity contribution in [1.29, 1.82) is 0 Å². The summed E-state index contributed by atoms with van der Waals surface area (Å²) in [5.41, 5.74) is 1.11. The van der Waals surface area contributed by atoms with Gasteiger partial charge in [0.25, 0.3) is 0 Å². The first-order valence-electron chi connectivity index (χ1n) is 11.0. The van der Waals surface area contributed by atoms with Crippen LogP contribution in [0.4, 0.5) is 15.8 Å². The third kappa shape index (κ3) is 6.15. The van der Waals surface area contributed by atoms with Crippen molar-refractivity contribution in [3.63, 3.8) is 0 Å². The number of carbonyl (C=O) groups excluding carboxylic acids is 3. The molecule has 3 amide bonds. The van der Waals surface area contributed by atoms with Crippen molar-refractivity contribution in [3.8, 4) is 0 Å². The highest BCUT2D eigenvalue weighted by Gasteiger charge is 2.39. The Labute approximate surface area is 206 Å². The Balaban J connectivity index is 1.44. The highest BCUT2D eigenvalue weighted by atomic mass is 35.5. The van der Waals surface area contributed by atoms with Gasteiger partial charge in [0.2, 0.25) is 17.7 Å². The number of amidine groups is 1. The molecule has 2 heterocycles. The SMILES string of the molecule is O=C(C[C@@H]1SC(=Nc2ccc(Cl)cc2)N(CCCN2CCCC2=O)C1=O)Nc1ccc(F)cc1. The Kier molecular flexibility index (Phi) is 7.84. The van der Waals surface area contributed by atoms with E-state index in [0.29, 0.717) is 47.5 Å². The summed E-state index contributed by atoms with van der Waals surface area (Å²) in [6.07, 6.45) is 2.02. The lowest BCUT2D eigenvalue weighted by Crippen LogP contribution is -2.36. The number of anilines is 1. The Morgan fingerprint density at radius 1 is 1.12 bits per heavy atom. The first-order chi connectivity index (χ1) is 16.4. The highest BCUT2D eigenvalue weighted by molar-refractivity contribution is 8.15. The molecule has 4 rings (SSSR count). The molecule has 2 aromatic rings. The number of amides is 3. The quantitative estimate of drug-likeness (QED) is 0.578. The molecule has 2 fully saturated rings. The minimum atomic E-state index is -0.625. The van der Waals surface area contributed by atoms with Crippen LogP contribution in [0.2, 0.25) is 5.02 Å². The summed E-state index contributed by atoms with van der Waals surface area (Å²) in [5, 5.41) is 3.17. The van der Waals surface area contributed by atoms with Gasteiger partial charge in [-0.05, 0) is 61.4 Å². The third-order valence-electron chi connectivity index (χ3n) is 5.55. The van der Waals surface area contributed by atoms with Crippen LogP contribution in [0.5, 0.6) is 0 Å². The minimum absolute atomic E-state index is 0.0401. The van der Waals surface area contributed by atoms with E-state index in [9.17, 15) is 18.8 Å². The second kappa shape index (κ2) is 11.0. The van der Waals surface area contributed by atoms with E-state index in [4.69, 9.17) is 11.6 Å². The highest BCUT2D eigenvalue weighted by Crippen LogP contribution is 2.32. The summed E-state index contributed by atoms with van der Waals surface area (Å²) in [7, 11) is 0. The number of rotatable bonds is 8. The molecule has 10 heteroatoms. The zero-order valence-electron chi connectivity index (χ0n) is 18.4. The lowest BCUT2D eigenvalue weighted by Gasteiger charge is -2.20. The third-order valence-corrected chi connectivity index (χ3v) is 6.98. The fourth-order valence-corrected chi connectivity index (χ4v) is 5.14. The van der Waals surface area contributed by atoms with E-state index in [-0.39, 0.29) is 24.1 Å². The topological polar surface area (TPSA) is 82.1 Å². The second-order valence-electron chi connectivity index (χ2n) is 8.06. The van der Waals surface area contributed by atoms with Gasteiger partial charge in [-0.25, -0.2) is 9.38 Å². The normalized spacial score (nSPS) is 19.4. The van der Waals surface area contributed by atoms with E-state index in [1.54, 1.807) is 29.2 Å². The van der Waals surface area contributed by atoms with Crippen molar-refractivity contribution in [2.45, 2.75) is 30.9 Å². The van der Waals surface area contributed by atoms with Crippen molar-refractivity contribution in [2.24, 2.45) is 4.99 Å². The van der Waals surface area contributed by atoms with Crippen molar-refractivity contribution >= 4 is 57.6 Å². The second-order valence-corrected chi connectivity index (χ2v) is 9.67. The van der Waals surface area contributed by atoms with E-state index >= 15 is 0 Å². The molecule has 0 saturated carbocycles. The molecule has 0 bridgehead atoms. The molecule has 2 aliphatic heterocycles. The first-order valence-corrected chi connectivity index (χ1v) is 12.3. The van der Waals surface area contributed by atoms with Gasteiger partial charge in [-0.3, -0.25) is 19.3 Å². The summed E-state index contributed by atoms with van der Waals surface area (Å²) < 4.78 is 13.1. The summed E-state index contributed by atoms with van der Waals surface area (Å²) >= 11 is 7.21. The van der Waals surface area contributed by atoms with Crippen molar-refractivity contribution in [3.05, 3.63) is 59.4 Å². The van der Waals surface area contributed by atoms with Gasteiger partial charge in [-0.1, -0.05) is 23.4 Å². The van der Waals surface area contributed by atoms with Crippen LogP contribution in [0, 0.1) is 5.82 Å². The molecule has 178 valence electrons. The van der Waals surface area contributed by atoms with Gasteiger partial charge >= 0.3 is 0 Å². The van der Waals surface area contributed by atoms with Crippen molar-refractivity contribution in [1.82, 2.24) is 9.80 Å². The molecule has 2 aliphatic rings. The standard InChI is InChI=1S/C24H24ClFN4O3S/c25-16-4-8-19(9-5-16)28-24-30(14-2-13-29-12-1-3-22(29)32)23(33)20(34-24)15-21(31)27-18-10-6-17(26)7-11-18/h4-11,20H,1-3,12-15H2,(H,27,31)/t20-/m0/s1. The lowest BCUT2D eigenvalue weighted by atomic mass is 10.2. The summed E-state index contributed by atoms with van der Waals surface area (Å²) in [5.74, 6) is -0.783. The smallest absolute Gasteiger partial charge is 0.242 e. The molecule has 2 saturated heterocycles. The number of thioether (sulfide) groups is 1. The molecule has 0 unspecified atom stereocenters. The van der Waals surface area contributed by atoms with Crippen LogP contribution in [0.15, 0.2) is 53.5 Å². The number of hydrogen-bond donors (Lipinski definition) is 1. The van der Waals surface area contributed by atoms with Gasteiger partial charge in [0.05, 0.1) is 5.69 Å². The molecule has 0 aromatic heterocycles. The van der Waals surface area contributed by atoms with Gasteiger partial charge in [0.15, 0.2) is 5.17 Å². The van der Waals surface area contributed by atoms with Crippen LogP contribution in [-0.2, 0) is 14.4 Å². The van der Waals surface area contributed by atoms with Crippen molar-refractivity contribution in [2.75, 3.05) is 25.0 Å². The predicted molar refractivity (Wildman–Crippen MR) is 132 cm³/mol. The average Bonchev–Trinajstić information content (AvgIpc) is 3.34. The van der Waals surface area contributed by atoms with Gasteiger partial charge in [0.1, 0.15) is 11.1 Å². The number of likely N-dealkylation sites (tertiary alicyclic amines) is 1. The van der Waals surface area contributed by atoms with Gasteiger partial charge < -0.3 is 10.2 Å². The first kappa shape index (κ1) is 24.2. The molecule has 34 heavy (non-hydrogen) atoms. The molecule has 0 radical (unpaired) electrons. The van der Waals surface area contributed by atoms with Gasteiger partial charge in [0, 0.05) is 43.2 Å². The Hall–Kier alpha value is -2.91. The molecular weight excluding hydrogens is 479 g/mol. The number of aliphatic imine (C=N–C) groups is 1. The summed E-state index contributed by atoms with van der Waals surface area (Å²) in [6.45, 7) is 1.73. The molecule has 0 aliphatic carbocycles. The fraction of sp³-hybridized carbons (Fsp3) is 0.333. The van der Waals surface area contributed by atoms with E-state index in [2.05, 4.69) is 10.3 Å². The van der Waals surface area contributed by atoms with Crippen LogP contribution < -0.4 is 5.32 Å². The number of carbonyl (C=O) groups is 3. The Morgan fingerprint density at radius 3 is 2.53 bits per heavy atom. The van der Waals surface area contributed by atoms with E-state index < -0.39 is 11.1 Å². The predicted octanol–water partition coefficient (Wildman–Crippen LogP) is 4.45. The maximum Gasteiger partial charge on any atom is 0.242 e. The zero-order valence-corrected chi connectivity index (χ0v) is 19.9. The molecule has 2 aromatic carbocycles. The maximum absolute atomic E-state index is 13.2. The largest absolute Gasteiger partial charge is 0.343 e. The van der Waals surface area contributed by atoms with Crippen molar-refractivity contribution < 1.29 is 18.8 Å². The van der Waals surface area contributed by atoms with Gasteiger partial charge in [-0.2, -0.15) is 0 Å². The van der Waals surface area contributed by atoms with E-state index in [0.717, 1.165) is 13.0 Å². The Bertz CT molecular complexity index is 1090. The number of benzene rings is 2. The maximum atomic E-state index is 13.2. The van der Waals surface area contributed by atoms with Crippen LogP contribution in [-0.4, -0.2) is 57.6 Å². The molecular formula is C24H24ClFN4O3S. The average molecular weight is 503 g/mol. The number of nitrogens with zero attached hydrogens (tertiary/aromatic N) is 3.